The standard InChI is InChI=1S/C16H23N/c1-15(2)11-14(16(15)9-6-10-16)17-12-13-7-4-3-5-8-13/h3-5,7-8,14,17H,6,9-12H2,1-2H3. The lowest BCUT2D eigenvalue weighted by Crippen LogP contribution is -2.67. The largest absolute Gasteiger partial charge is 0.309 e. The third kappa shape index (κ3) is 1.63. The summed E-state index contributed by atoms with van der Waals surface area (Å²) in [5, 5.41) is 3.78. The van der Waals surface area contributed by atoms with Gasteiger partial charge in [-0.15, -0.1) is 0 Å². The van der Waals surface area contributed by atoms with Crippen molar-refractivity contribution in [3.8, 4) is 0 Å². The van der Waals surface area contributed by atoms with E-state index in [9.17, 15) is 0 Å². The molecule has 1 aromatic carbocycles. The van der Waals surface area contributed by atoms with Gasteiger partial charge >= 0.3 is 0 Å². The Morgan fingerprint density at radius 2 is 1.88 bits per heavy atom. The minimum absolute atomic E-state index is 0.569. The molecule has 3 rings (SSSR count). The van der Waals surface area contributed by atoms with Gasteiger partial charge in [-0.05, 0) is 35.7 Å². The van der Waals surface area contributed by atoms with Crippen LogP contribution in [-0.4, -0.2) is 6.04 Å². The van der Waals surface area contributed by atoms with Gasteiger partial charge in [-0.2, -0.15) is 0 Å². The summed E-state index contributed by atoms with van der Waals surface area (Å²) >= 11 is 0. The normalized spacial score (nSPS) is 28.5. The van der Waals surface area contributed by atoms with Gasteiger partial charge in [-0.3, -0.25) is 0 Å². The average molecular weight is 229 g/mol. The Balaban J connectivity index is 1.61. The Labute approximate surface area is 105 Å². The van der Waals surface area contributed by atoms with Crippen molar-refractivity contribution in [1.82, 2.24) is 5.32 Å². The second-order valence-corrected chi connectivity index (χ2v) is 6.52. The molecule has 2 aliphatic carbocycles. The molecule has 0 aliphatic heterocycles. The Hall–Kier alpha value is -0.820. The van der Waals surface area contributed by atoms with Crippen LogP contribution >= 0.6 is 0 Å². The summed E-state index contributed by atoms with van der Waals surface area (Å²) in [4.78, 5) is 0. The van der Waals surface area contributed by atoms with Gasteiger partial charge in [0.25, 0.3) is 0 Å². The monoisotopic (exact) mass is 229 g/mol. The Kier molecular flexibility index (Phi) is 2.55. The predicted molar refractivity (Wildman–Crippen MR) is 71.8 cm³/mol. The van der Waals surface area contributed by atoms with E-state index >= 15 is 0 Å². The maximum absolute atomic E-state index is 3.78. The van der Waals surface area contributed by atoms with Crippen LogP contribution in [-0.2, 0) is 6.54 Å². The van der Waals surface area contributed by atoms with E-state index in [4.69, 9.17) is 0 Å². The smallest absolute Gasteiger partial charge is 0.0208 e. The molecule has 2 saturated carbocycles. The Morgan fingerprint density at radius 3 is 2.41 bits per heavy atom. The maximum atomic E-state index is 3.78. The zero-order chi connectivity index (χ0) is 11.9. The molecule has 1 unspecified atom stereocenters. The van der Waals surface area contributed by atoms with Crippen LogP contribution in [0.1, 0.15) is 45.1 Å². The molecule has 1 nitrogen and oxygen atoms in total. The number of rotatable bonds is 3. The van der Waals surface area contributed by atoms with E-state index in [0.29, 0.717) is 10.8 Å². The zero-order valence-electron chi connectivity index (χ0n) is 11.0. The Morgan fingerprint density at radius 1 is 1.18 bits per heavy atom. The quantitative estimate of drug-likeness (QED) is 0.832. The third-order valence-electron chi connectivity index (χ3n) is 5.37. The zero-order valence-corrected chi connectivity index (χ0v) is 11.0. The van der Waals surface area contributed by atoms with Crippen LogP contribution in [0.3, 0.4) is 0 Å². The van der Waals surface area contributed by atoms with E-state index in [1.807, 2.05) is 0 Å². The van der Waals surface area contributed by atoms with Crippen molar-refractivity contribution >= 4 is 0 Å². The van der Waals surface area contributed by atoms with Crippen molar-refractivity contribution < 1.29 is 0 Å². The summed E-state index contributed by atoms with van der Waals surface area (Å²) in [5.41, 5.74) is 2.60. The maximum Gasteiger partial charge on any atom is 0.0208 e. The van der Waals surface area contributed by atoms with Gasteiger partial charge in [0.05, 0.1) is 0 Å². The van der Waals surface area contributed by atoms with Crippen molar-refractivity contribution in [2.45, 2.75) is 52.1 Å². The molecule has 1 heteroatoms. The molecule has 2 fully saturated rings. The van der Waals surface area contributed by atoms with Crippen molar-refractivity contribution in [2.75, 3.05) is 0 Å². The number of nitrogens with one attached hydrogen (secondary N) is 1. The molecule has 2 aliphatic rings. The number of benzene rings is 1. The summed E-state index contributed by atoms with van der Waals surface area (Å²) in [5.74, 6) is 0. The first-order valence-electron chi connectivity index (χ1n) is 6.91. The van der Waals surface area contributed by atoms with Gasteiger partial charge in [0.15, 0.2) is 0 Å². The molecule has 92 valence electrons. The molecule has 0 saturated heterocycles. The second-order valence-electron chi connectivity index (χ2n) is 6.52. The first-order valence-corrected chi connectivity index (χ1v) is 6.91. The molecule has 0 radical (unpaired) electrons. The van der Waals surface area contributed by atoms with Crippen molar-refractivity contribution in [1.29, 1.82) is 0 Å². The fourth-order valence-corrected chi connectivity index (χ4v) is 3.94. The molecule has 1 atom stereocenters. The predicted octanol–water partition coefficient (Wildman–Crippen LogP) is 3.75. The van der Waals surface area contributed by atoms with Gasteiger partial charge in [0.2, 0.25) is 0 Å². The van der Waals surface area contributed by atoms with E-state index in [1.54, 1.807) is 0 Å². The van der Waals surface area contributed by atoms with Crippen LogP contribution in [0.2, 0.25) is 0 Å². The van der Waals surface area contributed by atoms with Crippen LogP contribution in [0.4, 0.5) is 0 Å². The third-order valence-corrected chi connectivity index (χ3v) is 5.37. The molecular weight excluding hydrogens is 206 g/mol. The summed E-state index contributed by atoms with van der Waals surface area (Å²) < 4.78 is 0. The molecule has 0 aromatic heterocycles. The fourth-order valence-electron chi connectivity index (χ4n) is 3.94. The minimum Gasteiger partial charge on any atom is -0.309 e. The molecule has 1 N–H and O–H groups in total. The summed E-state index contributed by atoms with van der Waals surface area (Å²) in [6, 6.07) is 11.5. The second kappa shape index (κ2) is 3.84. The molecule has 0 bridgehead atoms. The fraction of sp³-hybridized carbons (Fsp3) is 0.625. The van der Waals surface area contributed by atoms with Crippen LogP contribution in [0.5, 0.6) is 0 Å². The lowest BCUT2D eigenvalue weighted by atomic mass is 9.40. The highest BCUT2D eigenvalue weighted by atomic mass is 15.0. The van der Waals surface area contributed by atoms with E-state index in [1.165, 1.54) is 31.2 Å². The summed E-state index contributed by atoms with van der Waals surface area (Å²) in [6.45, 7) is 5.93. The first-order chi connectivity index (χ1) is 8.14. The first kappa shape index (κ1) is 11.3. The van der Waals surface area contributed by atoms with Gasteiger partial charge in [0.1, 0.15) is 0 Å². The highest BCUT2D eigenvalue weighted by Gasteiger charge is 2.62. The lowest BCUT2D eigenvalue weighted by molar-refractivity contribution is -0.149. The van der Waals surface area contributed by atoms with Crippen LogP contribution in [0.15, 0.2) is 30.3 Å². The summed E-state index contributed by atoms with van der Waals surface area (Å²) in [6.07, 6.45) is 5.66. The molecule has 1 spiro atoms. The van der Waals surface area contributed by atoms with E-state index < -0.39 is 0 Å². The minimum atomic E-state index is 0.569. The van der Waals surface area contributed by atoms with Crippen LogP contribution in [0, 0.1) is 10.8 Å². The van der Waals surface area contributed by atoms with E-state index in [-0.39, 0.29) is 0 Å². The van der Waals surface area contributed by atoms with Gasteiger partial charge in [-0.1, -0.05) is 50.6 Å². The van der Waals surface area contributed by atoms with Gasteiger partial charge < -0.3 is 5.32 Å². The molecule has 0 heterocycles. The average Bonchev–Trinajstić information content (AvgIpc) is 2.23. The molecule has 1 aromatic rings. The molecular formula is C16H23N. The molecule has 17 heavy (non-hydrogen) atoms. The van der Waals surface area contributed by atoms with Crippen LogP contribution in [0.25, 0.3) is 0 Å². The lowest BCUT2D eigenvalue weighted by Gasteiger charge is -2.67. The highest BCUT2D eigenvalue weighted by Crippen LogP contribution is 2.66. The van der Waals surface area contributed by atoms with Gasteiger partial charge in [-0.25, -0.2) is 0 Å². The molecule has 0 amide bonds. The topological polar surface area (TPSA) is 12.0 Å². The number of hydrogen-bond acceptors (Lipinski definition) is 1. The van der Waals surface area contributed by atoms with Crippen molar-refractivity contribution in [3.63, 3.8) is 0 Å². The van der Waals surface area contributed by atoms with E-state index in [2.05, 4.69) is 49.5 Å². The highest BCUT2D eigenvalue weighted by molar-refractivity contribution is 5.18. The van der Waals surface area contributed by atoms with Crippen LogP contribution < -0.4 is 5.32 Å². The Bertz CT molecular complexity index is 389. The number of hydrogen-bond donors (Lipinski definition) is 1. The van der Waals surface area contributed by atoms with Crippen molar-refractivity contribution in [2.24, 2.45) is 10.8 Å². The van der Waals surface area contributed by atoms with Crippen molar-refractivity contribution in [3.05, 3.63) is 35.9 Å². The SMILES string of the molecule is CC1(C)CC(NCc2ccccc2)C12CCC2. The summed E-state index contributed by atoms with van der Waals surface area (Å²) in [7, 11) is 0. The van der Waals surface area contributed by atoms with Gasteiger partial charge in [0, 0.05) is 12.6 Å². The van der Waals surface area contributed by atoms with E-state index in [0.717, 1.165) is 12.6 Å².